The Labute approximate surface area is 256 Å². The van der Waals surface area contributed by atoms with E-state index in [4.69, 9.17) is 9.47 Å². The van der Waals surface area contributed by atoms with Crippen LogP contribution in [0.2, 0.25) is 0 Å². The largest absolute Gasteiger partial charge is 0.493 e. The highest BCUT2D eigenvalue weighted by atomic mass is 19.1. The highest BCUT2D eigenvalue weighted by Gasteiger charge is 2.25. The maximum atomic E-state index is 13.5. The van der Waals surface area contributed by atoms with E-state index in [-0.39, 0.29) is 11.8 Å². The summed E-state index contributed by atoms with van der Waals surface area (Å²) in [7, 11) is 3.08. The summed E-state index contributed by atoms with van der Waals surface area (Å²) in [5.74, 6) is -0.00260. The summed E-state index contributed by atoms with van der Waals surface area (Å²) in [5.41, 5.74) is 2.52. The van der Waals surface area contributed by atoms with Gasteiger partial charge in [0.15, 0.2) is 11.5 Å². The normalized spacial score (nSPS) is 15.7. The van der Waals surface area contributed by atoms with Gasteiger partial charge >= 0.3 is 0 Å². The minimum Gasteiger partial charge on any atom is -0.493 e. The third kappa shape index (κ3) is 7.11. The number of anilines is 2. The van der Waals surface area contributed by atoms with Gasteiger partial charge in [0.2, 0.25) is 0 Å². The fraction of sp³-hybridized carbons (Fsp3) is 0.364. The van der Waals surface area contributed by atoms with Crippen LogP contribution in [0, 0.1) is 5.82 Å². The smallest absolute Gasteiger partial charge is 0.255 e. The monoisotopic (exact) mass is 603 g/mol. The molecule has 2 heterocycles. The number of halogens is 1. The molecule has 44 heavy (non-hydrogen) atoms. The molecule has 0 aliphatic carbocycles. The van der Waals surface area contributed by atoms with E-state index >= 15 is 0 Å². The van der Waals surface area contributed by atoms with Crippen molar-refractivity contribution in [1.82, 2.24) is 15.1 Å². The van der Waals surface area contributed by atoms with Gasteiger partial charge in [-0.1, -0.05) is 0 Å². The Morgan fingerprint density at radius 2 is 1.36 bits per heavy atom. The van der Waals surface area contributed by atoms with Crippen LogP contribution in [0.3, 0.4) is 0 Å². The van der Waals surface area contributed by atoms with Crippen LogP contribution in [-0.4, -0.2) is 94.1 Å². The summed E-state index contributed by atoms with van der Waals surface area (Å²) in [6.07, 6.45) is 1.57. The Bertz CT molecular complexity index is 1490. The molecule has 0 unspecified atom stereocenters. The topological polar surface area (TPSA) is 103 Å². The molecule has 2 fully saturated rings. The molecule has 2 N–H and O–H groups in total. The molecule has 5 rings (SSSR count). The van der Waals surface area contributed by atoms with E-state index in [1.54, 1.807) is 37.4 Å². The van der Waals surface area contributed by atoms with Crippen LogP contribution in [0.1, 0.15) is 43.9 Å². The van der Waals surface area contributed by atoms with Gasteiger partial charge in [-0.15, -0.1) is 0 Å². The van der Waals surface area contributed by atoms with Crippen molar-refractivity contribution in [3.05, 3.63) is 83.2 Å². The summed E-state index contributed by atoms with van der Waals surface area (Å²) in [6.45, 7) is 5.02. The first-order valence-electron chi connectivity index (χ1n) is 14.8. The second-order valence-electron chi connectivity index (χ2n) is 10.8. The number of carbonyl (C=O) groups excluding carboxylic acids is 3. The van der Waals surface area contributed by atoms with Crippen LogP contribution in [0.15, 0.2) is 60.7 Å². The second kappa shape index (κ2) is 14.2. The van der Waals surface area contributed by atoms with Gasteiger partial charge in [0.25, 0.3) is 17.7 Å². The summed E-state index contributed by atoms with van der Waals surface area (Å²) < 4.78 is 24.2. The lowest BCUT2D eigenvalue weighted by molar-refractivity contribution is 0.0759. The Kier molecular flexibility index (Phi) is 9.96. The number of hydrogen-bond donors (Lipinski definition) is 2. The van der Waals surface area contributed by atoms with Gasteiger partial charge in [0.05, 0.1) is 25.6 Å². The standard InChI is InChI=1S/C33H38FN5O5/c1-43-29-12-8-25(22-30(29)44-2)33(42)39-17-4-16-37(19-20-39)28-11-7-24(32(41)38-15-3-13-35-14-18-38)21-27(28)36-31(40)23-5-9-26(34)10-6-23/h5-12,21-22,35H,3-4,13-20H2,1-2H3,(H,36,40). The van der Waals surface area contributed by atoms with Crippen LogP contribution in [0.4, 0.5) is 15.8 Å². The number of ether oxygens (including phenoxy) is 2. The maximum Gasteiger partial charge on any atom is 0.255 e. The van der Waals surface area contributed by atoms with Crippen LogP contribution in [0.5, 0.6) is 11.5 Å². The first-order chi connectivity index (χ1) is 21.4. The van der Waals surface area contributed by atoms with Gasteiger partial charge in [-0.2, -0.15) is 0 Å². The predicted octanol–water partition coefficient (Wildman–Crippen LogP) is 3.88. The van der Waals surface area contributed by atoms with Crippen LogP contribution >= 0.6 is 0 Å². The second-order valence-corrected chi connectivity index (χ2v) is 10.8. The van der Waals surface area contributed by atoms with Crippen molar-refractivity contribution in [2.24, 2.45) is 0 Å². The fourth-order valence-electron chi connectivity index (χ4n) is 5.59. The van der Waals surface area contributed by atoms with Crippen molar-refractivity contribution in [2.45, 2.75) is 12.8 Å². The van der Waals surface area contributed by atoms with Crippen molar-refractivity contribution in [3.63, 3.8) is 0 Å². The molecule has 11 heteroatoms. The van der Waals surface area contributed by atoms with Crippen LogP contribution in [-0.2, 0) is 0 Å². The number of hydrogen-bond acceptors (Lipinski definition) is 7. The van der Waals surface area contributed by atoms with E-state index in [1.165, 1.54) is 31.4 Å². The lowest BCUT2D eigenvalue weighted by atomic mass is 10.1. The average molecular weight is 604 g/mol. The number of nitrogens with zero attached hydrogens (tertiary/aromatic N) is 3. The first-order valence-corrected chi connectivity index (χ1v) is 14.8. The molecular weight excluding hydrogens is 565 g/mol. The van der Waals surface area contributed by atoms with Crippen LogP contribution < -0.4 is 25.0 Å². The molecule has 3 aromatic rings. The van der Waals surface area contributed by atoms with E-state index in [0.29, 0.717) is 79.6 Å². The van der Waals surface area contributed by atoms with Crippen molar-refractivity contribution >= 4 is 29.1 Å². The molecule has 0 spiro atoms. The summed E-state index contributed by atoms with van der Waals surface area (Å²) in [5, 5.41) is 6.28. The zero-order valence-corrected chi connectivity index (χ0v) is 25.1. The van der Waals surface area contributed by atoms with Gasteiger partial charge in [-0.25, -0.2) is 4.39 Å². The molecule has 232 valence electrons. The van der Waals surface area contributed by atoms with E-state index in [0.717, 1.165) is 25.2 Å². The van der Waals surface area contributed by atoms with Gasteiger partial charge in [-0.3, -0.25) is 14.4 Å². The third-order valence-corrected chi connectivity index (χ3v) is 7.98. The molecule has 10 nitrogen and oxygen atoms in total. The molecule has 3 aromatic carbocycles. The molecule has 2 saturated heterocycles. The predicted molar refractivity (Wildman–Crippen MR) is 166 cm³/mol. The van der Waals surface area contributed by atoms with Crippen molar-refractivity contribution < 1.29 is 28.2 Å². The van der Waals surface area contributed by atoms with E-state index in [2.05, 4.69) is 15.5 Å². The van der Waals surface area contributed by atoms with Crippen molar-refractivity contribution in [2.75, 3.05) is 76.8 Å². The summed E-state index contributed by atoms with van der Waals surface area (Å²) in [4.78, 5) is 45.9. The number of benzene rings is 3. The van der Waals surface area contributed by atoms with Crippen molar-refractivity contribution in [3.8, 4) is 11.5 Å². The Balaban J connectivity index is 1.38. The SMILES string of the molecule is COc1ccc(C(=O)N2CCCN(c3ccc(C(=O)N4CCCNCC4)cc3NC(=O)c3ccc(F)cc3)CC2)cc1OC. The minimum atomic E-state index is -0.432. The molecule has 0 radical (unpaired) electrons. The zero-order chi connectivity index (χ0) is 31.1. The molecule has 0 atom stereocenters. The van der Waals surface area contributed by atoms with Gasteiger partial charge in [0, 0.05) is 62.5 Å². The molecule has 3 amide bonds. The first kappa shape index (κ1) is 30.8. The Morgan fingerprint density at radius 3 is 2.11 bits per heavy atom. The highest BCUT2D eigenvalue weighted by Crippen LogP contribution is 2.31. The lowest BCUT2D eigenvalue weighted by Crippen LogP contribution is -2.35. The molecule has 0 aromatic heterocycles. The molecule has 0 saturated carbocycles. The molecule has 0 bridgehead atoms. The molecule has 2 aliphatic rings. The Morgan fingerprint density at radius 1 is 0.705 bits per heavy atom. The Hall–Kier alpha value is -4.64. The fourth-order valence-corrected chi connectivity index (χ4v) is 5.59. The van der Waals surface area contributed by atoms with Gasteiger partial charge in [0.1, 0.15) is 5.82 Å². The number of carbonyl (C=O) groups is 3. The number of methoxy groups -OCH3 is 2. The zero-order valence-electron chi connectivity index (χ0n) is 25.1. The lowest BCUT2D eigenvalue weighted by Gasteiger charge is -2.27. The number of rotatable bonds is 7. The van der Waals surface area contributed by atoms with Gasteiger partial charge in [-0.05, 0) is 80.1 Å². The van der Waals surface area contributed by atoms with Crippen molar-refractivity contribution in [1.29, 1.82) is 0 Å². The van der Waals surface area contributed by atoms with Crippen LogP contribution in [0.25, 0.3) is 0 Å². The minimum absolute atomic E-state index is 0.0971. The third-order valence-electron chi connectivity index (χ3n) is 7.98. The summed E-state index contributed by atoms with van der Waals surface area (Å²) >= 11 is 0. The molecule has 2 aliphatic heterocycles. The highest BCUT2D eigenvalue weighted by molar-refractivity contribution is 6.07. The maximum absolute atomic E-state index is 13.5. The average Bonchev–Trinajstić information content (AvgIpc) is 3.48. The summed E-state index contributed by atoms with van der Waals surface area (Å²) in [6, 6.07) is 15.8. The van der Waals surface area contributed by atoms with E-state index in [1.807, 2.05) is 15.9 Å². The number of nitrogens with one attached hydrogen (secondary N) is 2. The quantitative estimate of drug-likeness (QED) is 0.423. The van der Waals surface area contributed by atoms with E-state index < -0.39 is 11.7 Å². The number of amides is 3. The van der Waals surface area contributed by atoms with Gasteiger partial charge < -0.3 is 34.8 Å². The molecular formula is C33H38FN5O5. The van der Waals surface area contributed by atoms with E-state index in [9.17, 15) is 18.8 Å².